The smallest absolute Gasteiger partial charge is 0.409 e. The molecule has 2 rings (SSSR count). The second-order valence-electron chi connectivity index (χ2n) is 5.54. The average molecular weight is 319 g/mol. The van der Waals surface area contributed by atoms with Crippen molar-refractivity contribution in [2.45, 2.75) is 25.8 Å². The van der Waals surface area contributed by atoms with Crippen LogP contribution in [0.5, 0.6) is 0 Å². The molecular weight excluding hydrogens is 294 g/mol. The molecule has 1 saturated heterocycles. The Hall–Kier alpha value is -2.08. The van der Waals surface area contributed by atoms with Gasteiger partial charge in [0, 0.05) is 37.8 Å². The molecule has 0 aliphatic carbocycles. The van der Waals surface area contributed by atoms with E-state index in [1.165, 1.54) is 0 Å². The molecule has 23 heavy (non-hydrogen) atoms. The quantitative estimate of drug-likeness (QED) is 0.782. The Morgan fingerprint density at radius 2 is 1.87 bits per heavy atom. The van der Waals surface area contributed by atoms with Crippen molar-refractivity contribution < 1.29 is 14.3 Å². The topological polar surface area (TPSA) is 70.7 Å². The van der Waals surface area contributed by atoms with Gasteiger partial charge in [-0.2, -0.15) is 0 Å². The monoisotopic (exact) mass is 319 g/mol. The fourth-order valence-corrected chi connectivity index (χ4v) is 2.62. The molecule has 0 saturated carbocycles. The summed E-state index contributed by atoms with van der Waals surface area (Å²) in [6, 6.07) is 9.58. The summed E-state index contributed by atoms with van der Waals surface area (Å²) in [6.07, 6.45) is 1.60. The summed E-state index contributed by atoms with van der Waals surface area (Å²) in [4.78, 5) is 25.2. The molecule has 0 unspecified atom stereocenters. The molecule has 0 radical (unpaired) electrons. The summed E-state index contributed by atoms with van der Waals surface area (Å²) >= 11 is 0. The van der Waals surface area contributed by atoms with Gasteiger partial charge in [-0.3, -0.25) is 4.79 Å². The molecule has 1 aromatic rings. The maximum Gasteiger partial charge on any atom is 0.409 e. The molecule has 6 nitrogen and oxygen atoms in total. The maximum absolute atomic E-state index is 11.9. The number of carbonyl (C=O) groups excluding carboxylic acids is 2. The number of ether oxygens (including phenoxy) is 1. The highest BCUT2D eigenvalue weighted by molar-refractivity contribution is 5.94. The molecule has 1 fully saturated rings. The van der Waals surface area contributed by atoms with E-state index in [1.807, 2.05) is 25.1 Å². The van der Waals surface area contributed by atoms with Crippen molar-refractivity contribution in [3.05, 3.63) is 35.9 Å². The Morgan fingerprint density at radius 1 is 1.17 bits per heavy atom. The van der Waals surface area contributed by atoms with Crippen LogP contribution in [0.25, 0.3) is 0 Å². The largest absolute Gasteiger partial charge is 0.450 e. The minimum Gasteiger partial charge on any atom is -0.450 e. The predicted molar refractivity (Wildman–Crippen MR) is 88.4 cm³/mol. The van der Waals surface area contributed by atoms with E-state index in [1.54, 1.807) is 17.0 Å². The van der Waals surface area contributed by atoms with Gasteiger partial charge in [0.2, 0.25) is 0 Å². The standard InChI is InChI=1S/C17H25N3O3/c1-2-23-17(22)20-12-8-15(9-13-20)18-10-11-19-16(21)14-6-4-3-5-7-14/h3-7,15,18H,2,8-13H2,1H3,(H,19,21). The van der Waals surface area contributed by atoms with Gasteiger partial charge in [0.1, 0.15) is 0 Å². The van der Waals surface area contributed by atoms with Crippen molar-refractivity contribution in [1.82, 2.24) is 15.5 Å². The highest BCUT2D eigenvalue weighted by Crippen LogP contribution is 2.11. The lowest BCUT2D eigenvalue weighted by atomic mass is 10.1. The SMILES string of the molecule is CCOC(=O)N1CCC(NCCNC(=O)c2ccccc2)CC1. The Kier molecular flexibility index (Phi) is 6.87. The number of piperidine rings is 1. The summed E-state index contributed by atoms with van der Waals surface area (Å²) in [5.74, 6) is -0.0514. The normalized spacial score (nSPS) is 15.3. The van der Waals surface area contributed by atoms with E-state index in [0.717, 1.165) is 19.4 Å². The molecule has 1 heterocycles. The number of nitrogens with one attached hydrogen (secondary N) is 2. The lowest BCUT2D eigenvalue weighted by Gasteiger charge is -2.31. The number of likely N-dealkylation sites (tertiary alicyclic amines) is 1. The summed E-state index contributed by atoms with van der Waals surface area (Å²) in [5.41, 5.74) is 0.676. The van der Waals surface area contributed by atoms with Gasteiger partial charge in [0.05, 0.1) is 6.61 Å². The lowest BCUT2D eigenvalue weighted by molar-refractivity contribution is 0.0931. The number of hydrogen-bond acceptors (Lipinski definition) is 4. The number of nitrogens with zero attached hydrogens (tertiary/aromatic N) is 1. The number of benzene rings is 1. The third-order valence-corrected chi connectivity index (χ3v) is 3.90. The number of hydrogen-bond donors (Lipinski definition) is 2. The van der Waals surface area contributed by atoms with E-state index >= 15 is 0 Å². The van der Waals surface area contributed by atoms with Crippen molar-refractivity contribution in [2.75, 3.05) is 32.8 Å². The molecule has 1 aliphatic rings. The van der Waals surface area contributed by atoms with Crippen molar-refractivity contribution in [3.8, 4) is 0 Å². The Balaban J connectivity index is 1.59. The molecule has 1 aromatic carbocycles. The first-order valence-corrected chi connectivity index (χ1v) is 8.19. The Labute approximate surface area is 137 Å². The van der Waals surface area contributed by atoms with Gasteiger partial charge in [-0.05, 0) is 31.9 Å². The number of carbonyl (C=O) groups is 2. The second kappa shape index (κ2) is 9.15. The van der Waals surface area contributed by atoms with Crippen LogP contribution in [-0.4, -0.2) is 55.7 Å². The van der Waals surface area contributed by atoms with Crippen LogP contribution in [0.3, 0.4) is 0 Å². The first-order chi connectivity index (χ1) is 11.2. The highest BCUT2D eigenvalue weighted by atomic mass is 16.6. The van der Waals surface area contributed by atoms with Crippen LogP contribution in [0.2, 0.25) is 0 Å². The van der Waals surface area contributed by atoms with Crippen molar-refractivity contribution in [1.29, 1.82) is 0 Å². The van der Waals surface area contributed by atoms with E-state index in [0.29, 0.717) is 37.8 Å². The molecule has 2 amide bonds. The number of rotatable bonds is 6. The Bertz CT molecular complexity index is 499. The third-order valence-electron chi connectivity index (χ3n) is 3.90. The van der Waals surface area contributed by atoms with Crippen LogP contribution >= 0.6 is 0 Å². The van der Waals surface area contributed by atoms with Crippen LogP contribution in [0.1, 0.15) is 30.1 Å². The fraction of sp³-hybridized carbons (Fsp3) is 0.529. The van der Waals surface area contributed by atoms with Crippen molar-refractivity contribution in [3.63, 3.8) is 0 Å². The Morgan fingerprint density at radius 3 is 2.52 bits per heavy atom. The lowest BCUT2D eigenvalue weighted by Crippen LogP contribution is -2.46. The zero-order chi connectivity index (χ0) is 16.5. The van der Waals surface area contributed by atoms with Crippen LogP contribution in [-0.2, 0) is 4.74 Å². The zero-order valence-electron chi connectivity index (χ0n) is 13.6. The molecule has 126 valence electrons. The average Bonchev–Trinajstić information content (AvgIpc) is 2.60. The number of amides is 2. The van der Waals surface area contributed by atoms with Crippen molar-refractivity contribution >= 4 is 12.0 Å². The van der Waals surface area contributed by atoms with Gasteiger partial charge in [-0.1, -0.05) is 18.2 Å². The van der Waals surface area contributed by atoms with Crippen LogP contribution in [0.4, 0.5) is 4.79 Å². The van der Waals surface area contributed by atoms with Gasteiger partial charge in [0.25, 0.3) is 5.91 Å². The van der Waals surface area contributed by atoms with E-state index < -0.39 is 0 Å². The summed E-state index contributed by atoms with van der Waals surface area (Å²) < 4.78 is 5.00. The van der Waals surface area contributed by atoms with Gasteiger partial charge in [0.15, 0.2) is 0 Å². The molecule has 2 N–H and O–H groups in total. The van der Waals surface area contributed by atoms with Gasteiger partial charge in [-0.15, -0.1) is 0 Å². The molecule has 0 aromatic heterocycles. The first kappa shape index (κ1) is 17.3. The van der Waals surface area contributed by atoms with E-state index in [9.17, 15) is 9.59 Å². The minimum absolute atomic E-state index is 0.0514. The van der Waals surface area contributed by atoms with Gasteiger partial charge < -0.3 is 20.3 Å². The minimum atomic E-state index is -0.221. The first-order valence-electron chi connectivity index (χ1n) is 8.19. The molecule has 0 spiro atoms. The van der Waals surface area contributed by atoms with E-state index in [2.05, 4.69) is 10.6 Å². The molecule has 0 atom stereocenters. The second-order valence-corrected chi connectivity index (χ2v) is 5.54. The maximum atomic E-state index is 11.9. The fourth-order valence-electron chi connectivity index (χ4n) is 2.62. The van der Waals surface area contributed by atoms with E-state index in [4.69, 9.17) is 4.74 Å². The molecular formula is C17H25N3O3. The molecule has 0 bridgehead atoms. The van der Waals surface area contributed by atoms with Gasteiger partial charge in [-0.25, -0.2) is 4.79 Å². The van der Waals surface area contributed by atoms with Crippen LogP contribution in [0, 0.1) is 0 Å². The summed E-state index contributed by atoms with van der Waals surface area (Å²) in [5, 5.41) is 6.32. The molecule has 1 aliphatic heterocycles. The highest BCUT2D eigenvalue weighted by Gasteiger charge is 2.22. The summed E-state index contributed by atoms with van der Waals surface area (Å²) in [6.45, 7) is 4.97. The molecule has 6 heteroatoms. The third kappa shape index (κ3) is 5.56. The van der Waals surface area contributed by atoms with Crippen LogP contribution in [0.15, 0.2) is 30.3 Å². The van der Waals surface area contributed by atoms with E-state index in [-0.39, 0.29) is 12.0 Å². The zero-order valence-corrected chi connectivity index (χ0v) is 13.6. The van der Waals surface area contributed by atoms with Crippen molar-refractivity contribution in [2.24, 2.45) is 0 Å². The summed E-state index contributed by atoms with van der Waals surface area (Å²) in [7, 11) is 0. The van der Waals surface area contributed by atoms with Crippen LogP contribution < -0.4 is 10.6 Å². The van der Waals surface area contributed by atoms with Gasteiger partial charge >= 0.3 is 6.09 Å². The predicted octanol–water partition coefficient (Wildman–Crippen LogP) is 1.63.